The van der Waals surface area contributed by atoms with Gasteiger partial charge in [0.25, 0.3) is 0 Å². The van der Waals surface area contributed by atoms with Crippen molar-refractivity contribution in [3.8, 4) is 0 Å². The molecule has 7 N–H and O–H groups in total. The normalized spacial score (nSPS) is 25.2. The molecule has 188 valence electrons. The molecule has 4 rings (SSSR count). The summed E-state index contributed by atoms with van der Waals surface area (Å²) in [6.07, 6.45) is -0.284. The predicted octanol–water partition coefficient (Wildman–Crippen LogP) is -1.91. The summed E-state index contributed by atoms with van der Waals surface area (Å²) in [5.41, 5.74) is 12.1. The Morgan fingerprint density at radius 2 is 1.79 bits per heavy atom. The third kappa shape index (κ3) is 5.28. The van der Waals surface area contributed by atoms with E-state index < -0.39 is 36.1 Å². The molecule has 2 amide bonds. The number of alkyl halides is 1. The first-order chi connectivity index (χ1) is 16.2. The molecule has 0 bridgehead atoms. The van der Waals surface area contributed by atoms with Crippen molar-refractivity contribution in [2.24, 2.45) is 23.3 Å². The second-order valence-electron chi connectivity index (χ2n) is 9.23. The zero-order chi connectivity index (χ0) is 24.4. The highest BCUT2D eigenvalue weighted by Crippen LogP contribution is 2.30. The molecule has 34 heavy (non-hydrogen) atoms. The summed E-state index contributed by atoms with van der Waals surface area (Å²) in [6, 6.07) is 0. The average molecular weight is 482 g/mol. The third-order valence-corrected chi connectivity index (χ3v) is 6.65. The van der Waals surface area contributed by atoms with Gasteiger partial charge in [-0.1, -0.05) is 0 Å². The van der Waals surface area contributed by atoms with Crippen LogP contribution >= 0.6 is 0 Å². The molecule has 0 aromatic carbocycles. The molecule has 3 saturated heterocycles. The number of halogens is 2. The summed E-state index contributed by atoms with van der Waals surface area (Å²) < 4.78 is 28.3. The molecule has 0 spiro atoms. The van der Waals surface area contributed by atoms with Crippen LogP contribution in [0.15, 0.2) is 12.4 Å². The Hall–Kier alpha value is -2.45. The van der Waals surface area contributed by atoms with Gasteiger partial charge in [0.1, 0.15) is 11.9 Å². The first-order valence-corrected chi connectivity index (χ1v) is 11.5. The van der Waals surface area contributed by atoms with Gasteiger partial charge in [-0.3, -0.25) is 25.2 Å². The van der Waals surface area contributed by atoms with E-state index in [-0.39, 0.29) is 36.3 Å². The van der Waals surface area contributed by atoms with E-state index in [1.54, 1.807) is 4.90 Å². The van der Waals surface area contributed by atoms with Gasteiger partial charge in [0.15, 0.2) is 5.82 Å². The second-order valence-corrected chi connectivity index (χ2v) is 9.23. The monoisotopic (exact) mass is 481 g/mol. The molecule has 3 aliphatic rings. The summed E-state index contributed by atoms with van der Waals surface area (Å²) in [4.78, 5) is 35.3. The first-order valence-electron chi connectivity index (χ1n) is 11.5. The third-order valence-electron chi connectivity index (χ3n) is 6.65. The molecule has 0 radical (unpaired) electrons. The number of nitrogens with one attached hydrogen (secondary N) is 3. The number of hydrogen-bond acceptors (Lipinski definition) is 9. The molecular weight excluding hydrogens is 448 g/mol. The highest BCUT2D eigenvalue weighted by molar-refractivity contribution is 5.96. The highest BCUT2D eigenvalue weighted by atomic mass is 19.1. The van der Waals surface area contributed by atoms with Crippen molar-refractivity contribution in [3.05, 3.63) is 18.2 Å². The van der Waals surface area contributed by atoms with Gasteiger partial charge >= 0.3 is 0 Å². The number of hydrogen-bond donors (Lipinski definition) is 5. The minimum atomic E-state index is -1.08. The lowest BCUT2D eigenvalue weighted by atomic mass is 9.99. The standard InChI is InChI=1S/C21H33F2N9O2/c1-30-10-12(11-30)21(34)32-4-2-31(3-5-32)17-14(23)8-26-9-15(17)29-20(33)16(18(24)25)19-27-6-13(22)7-28-19/h8-9,12-13,16,18-19,27-28H,2-7,10-11,24-25H2,1H3,(H,29,33). The van der Waals surface area contributed by atoms with Crippen LogP contribution in [0.2, 0.25) is 0 Å². The van der Waals surface area contributed by atoms with Crippen molar-refractivity contribution < 1.29 is 18.4 Å². The van der Waals surface area contributed by atoms with Crippen molar-refractivity contribution in [1.29, 1.82) is 0 Å². The van der Waals surface area contributed by atoms with Crippen molar-refractivity contribution >= 4 is 23.2 Å². The van der Waals surface area contributed by atoms with Gasteiger partial charge in [-0.05, 0) is 7.05 Å². The largest absolute Gasteiger partial charge is 0.364 e. The van der Waals surface area contributed by atoms with Gasteiger partial charge in [0, 0.05) is 52.4 Å². The lowest BCUT2D eigenvalue weighted by Crippen LogP contribution is -2.64. The minimum absolute atomic E-state index is 0.0242. The van der Waals surface area contributed by atoms with E-state index in [2.05, 4.69) is 25.8 Å². The molecule has 1 unspecified atom stereocenters. The number of pyridine rings is 1. The van der Waals surface area contributed by atoms with Gasteiger partial charge in [0.2, 0.25) is 11.8 Å². The molecule has 3 fully saturated rings. The van der Waals surface area contributed by atoms with Gasteiger partial charge in [-0.2, -0.15) is 0 Å². The van der Waals surface area contributed by atoms with Crippen LogP contribution in [-0.2, 0) is 9.59 Å². The molecule has 1 aromatic heterocycles. The van der Waals surface area contributed by atoms with E-state index in [1.807, 2.05) is 11.9 Å². The van der Waals surface area contributed by atoms with Crippen LogP contribution < -0.4 is 32.3 Å². The lowest BCUT2D eigenvalue weighted by molar-refractivity contribution is -0.140. The number of piperazine rings is 1. The Balaban J connectivity index is 1.43. The quantitative estimate of drug-likeness (QED) is 0.294. The number of likely N-dealkylation sites (tertiary alicyclic amines) is 1. The second kappa shape index (κ2) is 10.4. The molecule has 1 atom stereocenters. The van der Waals surface area contributed by atoms with Crippen LogP contribution in [0.4, 0.5) is 20.2 Å². The zero-order valence-electron chi connectivity index (χ0n) is 19.2. The minimum Gasteiger partial charge on any atom is -0.364 e. The molecule has 1 aromatic rings. The topological polar surface area (TPSA) is 145 Å². The fraction of sp³-hybridized carbons (Fsp3) is 0.667. The van der Waals surface area contributed by atoms with Crippen molar-refractivity contribution in [2.45, 2.75) is 18.5 Å². The van der Waals surface area contributed by atoms with Gasteiger partial charge < -0.3 is 31.5 Å². The van der Waals surface area contributed by atoms with Crippen LogP contribution in [0.3, 0.4) is 0 Å². The first kappa shape index (κ1) is 24.7. The Labute approximate surface area is 197 Å². The van der Waals surface area contributed by atoms with Gasteiger partial charge in [-0.25, -0.2) is 8.78 Å². The summed E-state index contributed by atoms with van der Waals surface area (Å²) in [5, 5.41) is 8.50. The Kier molecular flexibility index (Phi) is 7.57. The summed E-state index contributed by atoms with van der Waals surface area (Å²) in [5.74, 6) is -1.89. The van der Waals surface area contributed by atoms with Crippen molar-refractivity contribution in [3.63, 3.8) is 0 Å². The Morgan fingerprint density at radius 3 is 2.38 bits per heavy atom. The van der Waals surface area contributed by atoms with Crippen LogP contribution in [-0.4, -0.2) is 105 Å². The fourth-order valence-electron chi connectivity index (χ4n) is 4.78. The van der Waals surface area contributed by atoms with E-state index >= 15 is 0 Å². The number of amides is 2. The Bertz CT molecular complexity index is 883. The van der Waals surface area contributed by atoms with Crippen LogP contribution in [0.1, 0.15) is 0 Å². The highest BCUT2D eigenvalue weighted by Gasteiger charge is 2.37. The summed E-state index contributed by atoms with van der Waals surface area (Å²) in [6.45, 7) is 3.42. The van der Waals surface area contributed by atoms with Gasteiger partial charge in [-0.15, -0.1) is 0 Å². The van der Waals surface area contributed by atoms with E-state index in [9.17, 15) is 18.4 Å². The zero-order valence-corrected chi connectivity index (χ0v) is 19.2. The van der Waals surface area contributed by atoms with Gasteiger partial charge in [0.05, 0.1) is 42.2 Å². The number of nitrogens with zero attached hydrogens (tertiary/aromatic N) is 4. The number of anilines is 2. The number of rotatable bonds is 6. The maximum atomic E-state index is 14.9. The fourth-order valence-corrected chi connectivity index (χ4v) is 4.78. The van der Waals surface area contributed by atoms with E-state index in [0.717, 1.165) is 19.3 Å². The maximum Gasteiger partial charge on any atom is 0.233 e. The summed E-state index contributed by atoms with van der Waals surface area (Å²) >= 11 is 0. The molecule has 0 saturated carbocycles. The summed E-state index contributed by atoms with van der Waals surface area (Å²) in [7, 11) is 1.98. The molecule has 13 heteroatoms. The number of carbonyl (C=O) groups excluding carboxylic acids is 2. The number of carbonyl (C=O) groups is 2. The van der Waals surface area contributed by atoms with Crippen molar-refractivity contribution in [1.82, 2.24) is 25.4 Å². The maximum absolute atomic E-state index is 14.9. The van der Waals surface area contributed by atoms with E-state index in [4.69, 9.17) is 11.5 Å². The molecule has 11 nitrogen and oxygen atoms in total. The van der Waals surface area contributed by atoms with E-state index in [0.29, 0.717) is 26.2 Å². The van der Waals surface area contributed by atoms with Crippen molar-refractivity contribution in [2.75, 3.05) is 69.6 Å². The van der Waals surface area contributed by atoms with E-state index in [1.165, 1.54) is 6.20 Å². The SMILES string of the molecule is CN1CC(C(=O)N2CCN(c3c(F)cncc3NC(=O)C(C(N)N)C3NCC(F)CN3)CC2)C1. The molecule has 3 aliphatic heterocycles. The molecular formula is C21H33F2N9O2. The molecule has 4 heterocycles. The Morgan fingerprint density at radius 1 is 1.15 bits per heavy atom. The van der Waals surface area contributed by atoms with Crippen LogP contribution in [0.5, 0.6) is 0 Å². The van der Waals surface area contributed by atoms with Crippen LogP contribution in [0.25, 0.3) is 0 Å². The number of nitrogens with two attached hydrogens (primary N) is 2. The molecule has 0 aliphatic carbocycles. The lowest BCUT2D eigenvalue weighted by Gasteiger charge is -2.42. The number of aromatic nitrogens is 1. The predicted molar refractivity (Wildman–Crippen MR) is 123 cm³/mol. The average Bonchev–Trinajstić information content (AvgIpc) is 2.78. The smallest absolute Gasteiger partial charge is 0.233 e. The van der Waals surface area contributed by atoms with Crippen LogP contribution in [0, 0.1) is 17.7 Å².